The highest BCUT2D eigenvalue weighted by atomic mass is 16.5. The van der Waals surface area contributed by atoms with E-state index in [2.05, 4.69) is 5.32 Å². The summed E-state index contributed by atoms with van der Waals surface area (Å²) < 4.78 is 5.18. The number of hydrogen-bond donors (Lipinski definition) is 1. The number of fused-ring (bicyclic) bond motifs is 1. The summed E-state index contributed by atoms with van der Waals surface area (Å²) in [6.45, 7) is 1.98. The molecule has 0 saturated heterocycles. The molecular weight excluding hydrogens is 316 g/mol. The van der Waals surface area contributed by atoms with Crippen molar-refractivity contribution in [1.29, 1.82) is 0 Å². The Bertz CT molecular complexity index is 786. The highest BCUT2D eigenvalue weighted by Crippen LogP contribution is 2.34. The fourth-order valence-electron chi connectivity index (χ4n) is 3.17. The molecule has 25 heavy (non-hydrogen) atoms. The van der Waals surface area contributed by atoms with Crippen LogP contribution in [-0.4, -0.2) is 30.9 Å². The lowest BCUT2D eigenvalue weighted by atomic mass is 9.89. The lowest BCUT2D eigenvalue weighted by Crippen LogP contribution is -2.37. The monoisotopic (exact) mass is 338 g/mol. The molecule has 0 aromatic heterocycles. The van der Waals surface area contributed by atoms with E-state index < -0.39 is 5.92 Å². The van der Waals surface area contributed by atoms with Gasteiger partial charge in [0.25, 0.3) is 0 Å². The molecule has 1 aliphatic rings. The first-order valence-electron chi connectivity index (χ1n) is 8.30. The van der Waals surface area contributed by atoms with Crippen molar-refractivity contribution < 1.29 is 14.3 Å². The van der Waals surface area contributed by atoms with Gasteiger partial charge in [0.2, 0.25) is 11.8 Å². The maximum Gasteiger partial charge on any atom is 0.230 e. The molecule has 5 heteroatoms. The SMILES string of the molecule is COc1ccc(C(C)N(C)C(=O)C2CC(=O)Nc3ccccc32)cc1. The van der Waals surface area contributed by atoms with Gasteiger partial charge < -0.3 is 15.0 Å². The van der Waals surface area contributed by atoms with Gasteiger partial charge in [-0.15, -0.1) is 0 Å². The number of para-hydroxylation sites is 1. The molecule has 0 spiro atoms. The van der Waals surface area contributed by atoms with Gasteiger partial charge in [-0.25, -0.2) is 0 Å². The highest BCUT2D eigenvalue weighted by molar-refractivity contribution is 6.01. The average Bonchev–Trinajstić information content (AvgIpc) is 2.65. The molecular formula is C20H22N2O3. The third kappa shape index (κ3) is 3.36. The molecule has 0 saturated carbocycles. The molecule has 2 aromatic rings. The predicted molar refractivity (Wildman–Crippen MR) is 96.6 cm³/mol. The molecule has 0 radical (unpaired) electrons. The van der Waals surface area contributed by atoms with Crippen LogP contribution in [0.5, 0.6) is 5.75 Å². The first-order valence-corrected chi connectivity index (χ1v) is 8.30. The van der Waals surface area contributed by atoms with Crippen molar-refractivity contribution >= 4 is 17.5 Å². The van der Waals surface area contributed by atoms with Crippen molar-refractivity contribution in [2.24, 2.45) is 0 Å². The van der Waals surface area contributed by atoms with E-state index in [1.807, 2.05) is 55.5 Å². The summed E-state index contributed by atoms with van der Waals surface area (Å²) >= 11 is 0. The van der Waals surface area contributed by atoms with Gasteiger partial charge >= 0.3 is 0 Å². The Labute approximate surface area is 147 Å². The molecule has 0 aliphatic carbocycles. The van der Waals surface area contributed by atoms with Gasteiger partial charge in [-0.3, -0.25) is 9.59 Å². The molecule has 2 atom stereocenters. The van der Waals surface area contributed by atoms with Crippen molar-refractivity contribution in [3.05, 3.63) is 59.7 Å². The van der Waals surface area contributed by atoms with Crippen LogP contribution in [-0.2, 0) is 9.59 Å². The Balaban J connectivity index is 1.83. The fourth-order valence-corrected chi connectivity index (χ4v) is 3.17. The van der Waals surface area contributed by atoms with Crippen LogP contribution in [0.25, 0.3) is 0 Å². The number of nitrogens with one attached hydrogen (secondary N) is 1. The zero-order chi connectivity index (χ0) is 18.0. The molecule has 2 unspecified atom stereocenters. The van der Waals surface area contributed by atoms with Gasteiger partial charge in [0, 0.05) is 19.2 Å². The van der Waals surface area contributed by atoms with E-state index in [9.17, 15) is 9.59 Å². The number of methoxy groups -OCH3 is 1. The van der Waals surface area contributed by atoms with E-state index >= 15 is 0 Å². The van der Waals surface area contributed by atoms with Crippen molar-refractivity contribution in [2.75, 3.05) is 19.5 Å². The van der Waals surface area contributed by atoms with Gasteiger partial charge in [-0.1, -0.05) is 30.3 Å². The van der Waals surface area contributed by atoms with Crippen LogP contribution in [0.1, 0.15) is 36.4 Å². The zero-order valence-corrected chi connectivity index (χ0v) is 14.7. The number of carbonyl (C=O) groups excluding carboxylic acids is 2. The Kier molecular flexibility index (Phi) is 4.74. The lowest BCUT2D eigenvalue weighted by Gasteiger charge is -2.32. The number of amides is 2. The molecule has 2 aromatic carbocycles. The minimum atomic E-state index is -0.448. The minimum absolute atomic E-state index is 0.0504. The maximum absolute atomic E-state index is 13.1. The van der Waals surface area contributed by atoms with Crippen molar-refractivity contribution in [3.8, 4) is 5.75 Å². The van der Waals surface area contributed by atoms with Crippen LogP contribution in [0.4, 0.5) is 5.69 Å². The molecule has 1 aliphatic heterocycles. The van der Waals surface area contributed by atoms with E-state index in [1.54, 1.807) is 19.1 Å². The van der Waals surface area contributed by atoms with Gasteiger partial charge in [0.1, 0.15) is 5.75 Å². The number of ether oxygens (including phenoxy) is 1. The van der Waals surface area contributed by atoms with Crippen LogP contribution in [0, 0.1) is 0 Å². The standard InChI is InChI=1S/C20H22N2O3/c1-13(14-8-10-15(25-3)11-9-14)22(2)20(24)17-12-19(23)21-18-7-5-4-6-16(17)18/h4-11,13,17H,12H2,1-3H3,(H,21,23). The van der Waals surface area contributed by atoms with Crippen LogP contribution >= 0.6 is 0 Å². The summed E-state index contributed by atoms with van der Waals surface area (Å²) in [6.07, 6.45) is 0.176. The van der Waals surface area contributed by atoms with E-state index in [-0.39, 0.29) is 24.3 Å². The molecule has 0 bridgehead atoms. The van der Waals surface area contributed by atoms with E-state index in [0.29, 0.717) is 0 Å². The van der Waals surface area contributed by atoms with Crippen LogP contribution in [0.15, 0.2) is 48.5 Å². The van der Waals surface area contributed by atoms with E-state index in [1.165, 1.54) is 0 Å². The number of likely N-dealkylation sites (N-methyl/N-ethyl adjacent to an activating group) is 1. The maximum atomic E-state index is 13.1. The summed E-state index contributed by atoms with van der Waals surface area (Å²) in [5.74, 6) is 0.159. The summed E-state index contributed by atoms with van der Waals surface area (Å²) in [4.78, 5) is 26.8. The Morgan fingerprint density at radius 1 is 1.20 bits per heavy atom. The zero-order valence-electron chi connectivity index (χ0n) is 14.7. The second-order valence-electron chi connectivity index (χ2n) is 6.29. The Morgan fingerprint density at radius 2 is 1.88 bits per heavy atom. The predicted octanol–water partition coefficient (Wildman–Crippen LogP) is 3.34. The van der Waals surface area contributed by atoms with Gasteiger partial charge in [0.15, 0.2) is 0 Å². The van der Waals surface area contributed by atoms with Gasteiger partial charge in [-0.05, 0) is 36.2 Å². The second kappa shape index (κ2) is 6.97. The fraction of sp³-hybridized carbons (Fsp3) is 0.300. The normalized spacial score (nSPS) is 17.2. The summed E-state index contributed by atoms with van der Waals surface area (Å²) in [5.41, 5.74) is 2.62. The summed E-state index contributed by atoms with van der Waals surface area (Å²) in [5, 5.41) is 2.83. The molecule has 130 valence electrons. The Morgan fingerprint density at radius 3 is 2.56 bits per heavy atom. The quantitative estimate of drug-likeness (QED) is 0.930. The number of nitrogens with zero attached hydrogens (tertiary/aromatic N) is 1. The number of rotatable bonds is 4. The highest BCUT2D eigenvalue weighted by Gasteiger charge is 2.33. The average molecular weight is 338 g/mol. The third-order valence-electron chi connectivity index (χ3n) is 4.82. The van der Waals surface area contributed by atoms with E-state index in [4.69, 9.17) is 4.74 Å². The molecule has 5 nitrogen and oxygen atoms in total. The minimum Gasteiger partial charge on any atom is -0.497 e. The first-order chi connectivity index (χ1) is 12.0. The van der Waals surface area contributed by atoms with Crippen molar-refractivity contribution in [1.82, 2.24) is 4.90 Å². The molecule has 3 rings (SSSR count). The summed E-state index contributed by atoms with van der Waals surface area (Å²) in [6, 6.07) is 15.1. The van der Waals surface area contributed by atoms with E-state index in [0.717, 1.165) is 22.6 Å². The number of hydrogen-bond acceptors (Lipinski definition) is 3. The molecule has 2 amide bonds. The number of benzene rings is 2. The molecule has 1 heterocycles. The van der Waals surface area contributed by atoms with Crippen LogP contribution < -0.4 is 10.1 Å². The lowest BCUT2D eigenvalue weighted by molar-refractivity contribution is -0.135. The van der Waals surface area contributed by atoms with Gasteiger partial charge in [-0.2, -0.15) is 0 Å². The Hall–Kier alpha value is -2.82. The number of anilines is 1. The van der Waals surface area contributed by atoms with Crippen molar-refractivity contribution in [3.63, 3.8) is 0 Å². The molecule has 1 N–H and O–H groups in total. The first kappa shape index (κ1) is 17.0. The smallest absolute Gasteiger partial charge is 0.230 e. The van der Waals surface area contributed by atoms with Gasteiger partial charge in [0.05, 0.1) is 19.1 Å². The third-order valence-corrected chi connectivity index (χ3v) is 4.82. The number of carbonyl (C=O) groups is 2. The largest absolute Gasteiger partial charge is 0.497 e. The molecule has 0 fully saturated rings. The van der Waals surface area contributed by atoms with Crippen LogP contribution in [0.3, 0.4) is 0 Å². The second-order valence-corrected chi connectivity index (χ2v) is 6.29. The van der Waals surface area contributed by atoms with Crippen molar-refractivity contribution in [2.45, 2.75) is 25.3 Å². The summed E-state index contributed by atoms with van der Waals surface area (Å²) in [7, 11) is 3.41. The topological polar surface area (TPSA) is 58.6 Å². The van der Waals surface area contributed by atoms with Crippen LogP contribution in [0.2, 0.25) is 0 Å².